The molecule has 20 heavy (non-hydrogen) atoms. The number of benzene rings is 1. The van der Waals surface area contributed by atoms with E-state index in [1.54, 1.807) is 11.3 Å². The van der Waals surface area contributed by atoms with Crippen molar-refractivity contribution in [2.45, 2.75) is 26.8 Å². The van der Waals surface area contributed by atoms with Gasteiger partial charge in [-0.25, -0.2) is 0 Å². The largest absolute Gasteiger partial charge is 0.398 e. The lowest BCUT2D eigenvalue weighted by Gasteiger charge is -2.21. The van der Waals surface area contributed by atoms with Gasteiger partial charge in [-0.05, 0) is 37.1 Å². The fraction of sp³-hybridized carbons (Fsp3) is 0.312. The molecule has 106 valence electrons. The first kappa shape index (κ1) is 14.6. The van der Waals surface area contributed by atoms with Gasteiger partial charge in [-0.15, -0.1) is 11.3 Å². The summed E-state index contributed by atoms with van der Waals surface area (Å²) in [6.07, 6.45) is 0.968. The fourth-order valence-electron chi connectivity index (χ4n) is 2.05. The van der Waals surface area contributed by atoms with Crippen LogP contribution in [0.4, 0.5) is 5.69 Å². The Labute approximate surface area is 124 Å². The minimum atomic E-state index is 0.0838. The molecule has 0 spiro atoms. The maximum absolute atomic E-state index is 12.5. The molecule has 0 atom stereocenters. The number of para-hydroxylation sites is 1. The van der Waals surface area contributed by atoms with Gasteiger partial charge in [0.15, 0.2) is 0 Å². The lowest BCUT2D eigenvalue weighted by atomic mass is 10.1. The Morgan fingerprint density at radius 1 is 1.20 bits per heavy atom. The Morgan fingerprint density at radius 2 is 1.95 bits per heavy atom. The topological polar surface area (TPSA) is 46.3 Å². The zero-order valence-electron chi connectivity index (χ0n) is 11.9. The summed E-state index contributed by atoms with van der Waals surface area (Å²) in [4.78, 5) is 16.4. The van der Waals surface area contributed by atoms with Gasteiger partial charge in [0.25, 0.3) is 5.91 Å². The molecule has 0 bridgehead atoms. The van der Waals surface area contributed by atoms with Crippen molar-refractivity contribution in [3.63, 3.8) is 0 Å². The minimum absolute atomic E-state index is 0.0838. The SMILES string of the molecule is CCc1ccc(C(=O)N(CC)Cc2ccccc2N)s1. The molecule has 0 aliphatic heterocycles. The van der Waals surface area contributed by atoms with Crippen LogP contribution in [-0.2, 0) is 13.0 Å². The number of nitrogen functional groups attached to an aromatic ring is 1. The highest BCUT2D eigenvalue weighted by atomic mass is 32.1. The first-order valence-electron chi connectivity index (χ1n) is 6.87. The molecule has 1 heterocycles. The van der Waals surface area contributed by atoms with Crippen LogP contribution >= 0.6 is 11.3 Å². The second-order valence-corrected chi connectivity index (χ2v) is 5.81. The second-order valence-electron chi connectivity index (χ2n) is 4.64. The molecule has 2 rings (SSSR count). The zero-order valence-corrected chi connectivity index (χ0v) is 12.7. The highest BCUT2D eigenvalue weighted by Crippen LogP contribution is 2.21. The first-order chi connectivity index (χ1) is 9.65. The van der Waals surface area contributed by atoms with Gasteiger partial charge in [0.2, 0.25) is 0 Å². The van der Waals surface area contributed by atoms with Gasteiger partial charge in [0.1, 0.15) is 0 Å². The molecule has 2 N–H and O–H groups in total. The highest BCUT2D eigenvalue weighted by Gasteiger charge is 2.17. The minimum Gasteiger partial charge on any atom is -0.398 e. The molecule has 0 saturated carbocycles. The number of hydrogen-bond donors (Lipinski definition) is 1. The van der Waals surface area contributed by atoms with E-state index in [1.807, 2.05) is 48.2 Å². The molecular formula is C16H20N2OS. The predicted molar refractivity (Wildman–Crippen MR) is 85.0 cm³/mol. The monoisotopic (exact) mass is 288 g/mol. The van der Waals surface area contributed by atoms with Gasteiger partial charge in [-0.2, -0.15) is 0 Å². The molecule has 0 aliphatic rings. The van der Waals surface area contributed by atoms with Crippen LogP contribution in [-0.4, -0.2) is 17.4 Å². The Bertz CT molecular complexity index is 592. The average molecular weight is 288 g/mol. The first-order valence-corrected chi connectivity index (χ1v) is 7.68. The summed E-state index contributed by atoms with van der Waals surface area (Å²) in [6.45, 7) is 5.32. The molecule has 1 amide bonds. The van der Waals surface area contributed by atoms with Gasteiger partial charge in [-0.3, -0.25) is 4.79 Å². The number of nitrogens with zero attached hydrogens (tertiary/aromatic N) is 1. The van der Waals surface area contributed by atoms with E-state index >= 15 is 0 Å². The summed E-state index contributed by atoms with van der Waals surface area (Å²) >= 11 is 1.58. The summed E-state index contributed by atoms with van der Waals surface area (Å²) in [5, 5.41) is 0. The van der Waals surface area contributed by atoms with E-state index < -0.39 is 0 Å². The Hall–Kier alpha value is -1.81. The third-order valence-corrected chi connectivity index (χ3v) is 4.52. The molecule has 2 aromatic rings. The third kappa shape index (κ3) is 3.20. The predicted octanol–water partition coefficient (Wildman–Crippen LogP) is 3.56. The van der Waals surface area contributed by atoms with Crippen molar-refractivity contribution in [3.8, 4) is 0 Å². The van der Waals surface area contributed by atoms with Crippen molar-refractivity contribution in [2.75, 3.05) is 12.3 Å². The number of anilines is 1. The summed E-state index contributed by atoms with van der Waals surface area (Å²) in [7, 11) is 0. The molecular weight excluding hydrogens is 268 g/mol. The molecule has 0 saturated heterocycles. The average Bonchev–Trinajstić information content (AvgIpc) is 2.94. The summed E-state index contributed by atoms with van der Waals surface area (Å²) in [6, 6.07) is 11.6. The van der Waals surface area contributed by atoms with Crippen LogP contribution < -0.4 is 5.73 Å². The molecule has 0 fully saturated rings. The van der Waals surface area contributed by atoms with Gasteiger partial charge in [0, 0.05) is 23.7 Å². The van der Waals surface area contributed by atoms with Gasteiger partial charge in [0.05, 0.1) is 4.88 Å². The number of rotatable bonds is 5. The molecule has 0 unspecified atom stereocenters. The molecule has 0 aliphatic carbocycles. The van der Waals surface area contributed by atoms with E-state index in [-0.39, 0.29) is 5.91 Å². The van der Waals surface area contributed by atoms with E-state index in [2.05, 4.69) is 6.92 Å². The maximum atomic E-state index is 12.5. The van der Waals surface area contributed by atoms with Gasteiger partial charge < -0.3 is 10.6 Å². The van der Waals surface area contributed by atoms with Crippen LogP contribution in [0.3, 0.4) is 0 Å². The maximum Gasteiger partial charge on any atom is 0.264 e. The van der Waals surface area contributed by atoms with Crippen molar-refractivity contribution in [3.05, 3.63) is 51.7 Å². The summed E-state index contributed by atoms with van der Waals surface area (Å²) in [5.41, 5.74) is 7.68. The van der Waals surface area contributed by atoms with Crippen molar-refractivity contribution in [1.29, 1.82) is 0 Å². The normalized spacial score (nSPS) is 10.5. The Morgan fingerprint density at radius 3 is 2.55 bits per heavy atom. The smallest absolute Gasteiger partial charge is 0.264 e. The van der Waals surface area contributed by atoms with Crippen molar-refractivity contribution >= 4 is 22.9 Å². The standard InChI is InChI=1S/C16H20N2OS/c1-3-13-9-10-15(20-13)16(19)18(4-2)11-12-7-5-6-8-14(12)17/h5-10H,3-4,11,17H2,1-2H3. The number of amides is 1. The van der Waals surface area contributed by atoms with Crippen LogP contribution in [0, 0.1) is 0 Å². The Balaban J connectivity index is 2.15. The molecule has 1 aromatic carbocycles. The van der Waals surface area contributed by atoms with Gasteiger partial charge >= 0.3 is 0 Å². The summed E-state index contributed by atoms with van der Waals surface area (Å²) in [5.74, 6) is 0.0838. The molecule has 4 heteroatoms. The Kier molecular flexibility index (Phi) is 4.79. The second kappa shape index (κ2) is 6.57. The van der Waals surface area contributed by atoms with E-state index in [9.17, 15) is 4.79 Å². The lowest BCUT2D eigenvalue weighted by molar-refractivity contribution is 0.0758. The molecule has 1 aromatic heterocycles. The number of thiophene rings is 1. The zero-order chi connectivity index (χ0) is 14.5. The van der Waals surface area contributed by atoms with Crippen LogP contribution in [0.5, 0.6) is 0 Å². The lowest BCUT2D eigenvalue weighted by Crippen LogP contribution is -2.30. The van der Waals surface area contributed by atoms with Gasteiger partial charge in [-0.1, -0.05) is 25.1 Å². The third-order valence-electron chi connectivity index (χ3n) is 3.31. The molecule has 3 nitrogen and oxygen atoms in total. The van der Waals surface area contributed by atoms with Crippen molar-refractivity contribution < 1.29 is 4.79 Å². The fourth-order valence-corrected chi connectivity index (χ4v) is 2.97. The number of nitrogens with two attached hydrogens (primary N) is 1. The highest BCUT2D eigenvalue weighted by molar-refractivity contribution is 7.14. The van der Waals surface area contributed by atoms with Crippen molar-refractivity contribution in [2.24, 2.45) is 0 Å². The van der Waals surface area contributed by atoms with Crippen LogP contribution in [0.25, 0.3) is 0 Å². The number of carbonyl (C=O) groups is 1. The van der Waals surface area contributed by atoms with Crippen LogP contribution in [0.15, 0.2) is 36.4 Å². The van der Waals surface area contributed by atoms with E-state index in [0.717, 1.165) is 22.5 Å². The molecule has 0 radical (unpaired) electrons. The number of aryl methyl sites for hydroxylation is 1. The quantitative estimate of drug-likeness (QED) is 0.855. The van der Waals surface area contributed by atoms with E-state index in [1.165, 1.54) is 4.88 Å². The van der Waals surface area contributed by atoms with Crippen LogP contribution in [0.1, 0.15) is 34.0 Å². The van der Waals surface area contributed by atoms with Crippen LogP contribution in [0.2, 0.25) is 0 Å². The van der Waals surface area contributed by atoms with E-state index in [4.69, 9.17) is 5.73 Å². The number of hydrogen-bond acceptors (Lipinski definition) is 3. The van der Waals surface area contributed by atoms with Crippen molar-refractivity contribution in [1.82, 2.24) is 4.90 Å². The number of carbonyl (C=O) groups excluding carboxylic acids is 1. The van der Waals surface area contributed by atoms with E-state index in [0.29, 0.717) is 13.1 Å². The summed E-state index contributed by atoms with van der Waals surface area (Å²) < 4.78 is 0.